The summed E-state index contributed by atoms with van der Waals surface area (Å²) in [6.45, 7) is 0. The van der Waals surface area contributed by atoms with E-state index in [2.05, 4.69) is 28.2 Å². The molecule has 0 aliphatic heterocycles. The first kappa shape index (κ1) is 11.9. The van der Waals surface area contributed by atoms with Crippen molar-refractivity contribution in [3.05, 3.63) is 22.4 Å². The van der Waals surface area contributed by atoms with Gasteiger partial charge in [-0.15, -0.1) is 0 Å². The fourth-order valence-electron chi connectivity index (χ4n) is 5.22. The van der Waals surface area contributed by atoms with Gasteiger partial charge in [-0.2, -0.15) is 16.6 Å². The molecule has 1 N–H and O–H groups in total. The summed E-state index contributed by atoms with van der Waals surface area (Å²) in [6, 6.07) is 4.46. The van der Waals surface area contributed by atoms with Crippen molar-refractivity contribution in [1.29, 1.82) is 5.26 Å². The largest absolute Gasteiger partial charge is 0.293 e. The third-order valence-electron chi connectivity index (χ3n) is 5.49. The average Bonchev–Trinajstić information content (AvgIpc) is 2.88. The Morgan fingerprint density at radius 3 is 2.32 bits per heavy atom. The highest BCUT2D eigenvalue weighted by molar-refractivity contribution is 7.08. The molecule has 0 radical (unpaired) electrons. The summed E-state index contributed by atoms with van der Waals surface area (Å²) in [5.41, 5.74) is 1.43. The molecule has 1 unspecified atom stereocenters. The van der Waals surface area contributed by atoms with Crippen LogP contribution in [0.4, 0.5) is 0 Å². The lowest BCUT2D eigenvalue weighted by Crippen LogP contribution is -2.58. The molecular weight excluding hydrogens is 252 g/mol. The lowest BCUT2D eigenvalue weighted by atomic mass is 9.53. The normalized spacial score (nSPS) is 41.1. The van der Waals surface area contributed by atoms with Gasteiger partial charge in [0.1, 0.15) is 6.04 Å². The minimum atomic E-state index is -0.109. The standard InChI is InChI=1S/C16H20N2S/c17-9-15(14-1-2-19-10-14)18-16-6-11-3-12(7-16)5-13(4-11)8-16/h1-2,10-13,15,18H,3-8H2. The molecule has 19 heavy (non-hydrogen) atoms. The maximum absolute atomic E-state index is 9.49. The van der Waals surface area contributed by atoms with Crippen molar-refractivity contribution in [3.63, 3.8) is 0 Å². The van der Waals surface area contributed by atoms with Crippen molar-refractivity contribution < 1.29 is 0 Å². The van der Waals surface area contributed by atoms with Crippen LogP contribution in [0.15, 0.2) is 16.8 Å². The van der Waals surface area contributed by atoms with Crippen LogP contribution in [-0.4, -0.2) is 5.54 Å². The van der Waals surface area contributed by atoms with Crippen molar-refractivity contribution in [3.8, 4) is 6.07 Å². The Labute approximate surface area is 118 Å². The van der Waals surface area contributed by atoms with Gasteiger partial charge in [0.05, 0.1) is 6.07 Å². The van der Waals surface area contributed by atoms with Gasteiger partial charge in [0.2, 0.25) is 0 Å². The predicted octanol–water partition coefficient (Wildman–Crippen LogP) is 3.87. The van der Waals surface area contributed by atoms with E-state index >= 15 is 0 Å². The van der Waals surface area contributed by atoms with Crippen molar-refractivity contribution >= 4 is 11.3 Å². The summed E-state index contributed by atoms with van der Waals surface area (Å²) >= 11 is 1.68. The minimum absolute atomic E-state index is 0.109. The van der Waals surface area contributed by atoms with E-state index in [1.165, 1.54) is 38.5 Å². The van der Waals surface area contributed by atoms with Crippen LogP contribution in [0.3, 0.4) is 0 Å². The lowest BCUT2D eigenvalue weighted by Gasteiger charge is -2.57. The second kappa shape index (κ2) is 4.33. The Balaban J connectivity index is 1.57. The quantitative estimate of drug-likeness (QED) is 0.906. The summed E-state index contributed by atoms with van der Waals surface area (Å²) in [7, 11) is 0. The van der Waals surface area contributed by atoms with Gasteiger partial charge in [0.25, 0.3) is 0 Å². The van der Waals surface area contributed by atoms with Crippen LogP contribution < -0.4 is 5.32 Å². The molecule has 0 spiro atoms. The summed E-state index contributed by atoms with van der Waals surface area (Å²) in [5, 5.41) is 17.4. The monoisotopic (exact) mass is 272 g/mol. The second-order valence-corrected chi connectivity index (χ2v) is 7.74. The Hall–Kier alpha value is -0.850. The molecule has 1 atom stereocenters. The second-order valence-electron chi connectivity index (χ2n) is 6.96. The zero-order chi connectivity index (χ0) is 12.9. The smallest absolute Gasteiger partial charge is 0.122 e. The Kier molecular flexibility index (Phi) is 2.72. The molecular formula is C16H20N2S. The molecule has 4 aliphatic carbocycles. The summed E-state index contributed by atoms with van der Waals surface area (Å²) < 4.78 is 0. The first-order valence-corrected chi connectivity index (χ1v) is 8.40. The molecule has 1 heterocycles. The molecule has 4 saturated carbocycles. The van der Waals surface area contributed by atoms with Crippen LogP contribution in [0.1, 0.15) is 50.1 Å². The van der Waals surface area contributed by atoms with E-state index in [1.54, 1.807) is 11.3 Å². The van der Waals surface area contributed by atoms with E-state index < -0.39 is 0 Å². The number of hydrogen-bond acceptors (Lipinski definition) is 3. The first-order valence-electron chi connectivity index (χ1n) is 7.46. The van der Waals surface area contributed by atoms with Gasteiger partial charge in [0, 0.05) is 5.54 Å². The van der Waals surface area contributed by atoms with Crippen LogP contribution in [0.2, 0.25) is 0 Å². The van der Waals surface area contributed by atoms with Crippen LogP contribution in [-0.2, 0) is 0 Å². The lowest BCUT2D eigenvalue weighted by molar-refractivity contribution is -0.0226. The highest BCUT2D eigenvalue weighted by atomic mass is 32.1. The van der Waals surface area contributed by atoms with Crippen molar-refractivity contribution in [1.82, 2.24) is 5.32 Å². The number of nitrogens with one attached hydrogen (secondary N) is 1. The molecule has 4 aliphatic rings. The Morgan fingerprint density at radius 2 is 1.84 bits per heavy atom. The number of hydrogen-bond donors (Lipinski definition) is 1. The third kappa shape index (κ3) is 2.02. The SMILES string of the molecule is N#CC(NC12CC3CC(CC(C3)C1)C2)c1ccsc1. The van der Waals surface area contributed by atoms with E-state index in [9.17, 15) is 5.26 Å². The first-order chi connectivity index (χ1) is 9.26. The predicted molar refractivity (Wildman–Crippen MR) is 76.7 cm³/mol. The van der Waals surface area contributed by atoms with Gasteiger partial charge in [-0.05, 0) is 78.7 Å². The van der Waals surface area contributed by atoms with Gasteiger partial charge in [-0.1, -0.05) is 0 Å². The molecule has 0 amide bonds. The number of rotatable bonds is 3. The Bertz CT molecular complexity index is 464. The maximum atomic E-state index is 9.49. The molecule has 2 nitrogen and oxygen atoms in total. The summed E-state index contributed by atoms with van der Waals surface area (Å²) in [6.07, 6.45) is 8.29. The van der Waals surface area contributed by atoms with Gasteiger partial charge in [0.15, 0.2) is 0 Å². The molecule has 3 heteroatoms. The average molecular weight is 272 g/mol. The van der Waals surface area contributed by atoms with Crippen LogP contribution in [0.25, 0.3) is 0 Å². The van der Waals surface area contributed by atoms with E-state index in [-0.39, 0.29) is 11.6 Å². The molecule has 1 aromatic heterocycles. The molecule has 1 aromatic rings. The molecule has 100 valence electrons. The zero-order valence-corrected chi connectivity index (χ0v) is 12.0. The van der Waals surface area contributed by atoms with Crippen molar-refractivity contribution in [2.24, 2.45) is 17.8 Å². The Morgan fingerprint density at radius 1 is 1.21 bits per heavy atom. The zero-order valence-electron chi connectivity index (χ0n) is 11.1. The molecule has 0 aromatic carbocycles. The topological polar surface area (TPSA) is 35.8 Å². The van der Waals surface area contributed by atoms with Crippen LogP contribution in [0, 0.1) is 29.1 Å². The van der Waals surface area contributed by atoms with Gasteiger partial charge >= 0.3 is 0 Å². The number of thiophene rings is 1. The third-order valence-corrected chi connectivity index (χ3v) is 6.20. The highest BCUT2D eigenvalue weighted by Gasteiger charge is 2.51. The minimum Gasteiger partial charge on any atom is -0.293 e. The van der Waals surface area contributed by atoms with E-state index in [0.29, 0.717) is 0 Å². The molecule has 5 rings (SSSR count). The van der Waals surface area contributed by atoms with Crippen LogP contribution in [0.5, 0.6) is 0 Å². The van der Waals surface area contributed by atoms with Gasteiger partial charge in [-0.25, -0.2) is 0 Å². The van der Waals surface area contributed by atoms with Gasteiger partial charge < -0.3 is 0 Å². The fourth-order valence-corrected chi connectivity index (χ4v) is 5.91. The number of nitrogens with zero attached hydrogens (tertiary/aromatic N) is 1. The van der Waals surface area contributed by atoms with Crippen molar-refractivity contribution in [2.45, 2.75) is 50.1 Å². The van der Waals surface area contributed by atoms with E-state index in [4.69, 9.17) is 0 Å². The molecule has 4 bridgehead atoms. The highest BCUT2D eigenvalue weighted by Crippen LogP contribution is 2.56. The fraction of sp³-hybridized carbons (Fsp3) is 0.688. The maximum Gasteiger partial charge on any atom is 0.122 e. The van der Waals surface area contributed by atoms with Gasteiger partial charge in [-0.3, -0.25) is 5.32 Å². The number of nitriles is 1. The summed E-state index contributed by atoms with van der Waals surface area (Å²) in [4.78, 5) is 0. The van der Waals surface area contributed by atoms with E-state index in [0.717, 1.165) is 23.3 Å². The molecule has 0 saturated heterocycles. The van der Waals surface area contributed by atoms with Crippen molar-refractivity contribution in [2.75, 3.05) is 0 Å². The summed E-state index contributed by atoms with van der Waals surface area (Å²) in [5.74, 6) is 2.79. The van der Waals surface area contributed by atoms with E-state index in [1.807, 2.05) is 0 Å². The van der Waals surface area contributed by atoms with Crippen LogP contribution >= 0.6 is 11.3 Å². The molecule has 4 fully saturated rings.